The molecule has 0 radical (unpaired) electrons. The van der Waals surface area contributed by atoms with Crippen molar-refractivity contribution in [3.8, 4) is 0 Å². The Balaban J connectivity index is 2.73. The van der Waals surface area contributed by atoms with Gasteiger partial charge in [0.25, 0.3) is 0 Å². The fraction of sp³-hybridized carbons (Fsp3) is 0.500. The molecule has 23 heavy (non-hydrogen) atoms. The Morgan fingerprint density at radius 3 is 2.39 bits per heavy atom. The molecule has 0 spiro atoms. The number of halogens is 3. The van der Waals surface area contributed by atoms with Crippen LogP contribution in [0.3, 0.4) is 0 Å². The molecule has 1 aromatic carbocycles. The van der Waals surface area contributed by atoms with E-state index in [4.69, 9.17) is 0 Å². The zero-order valence-corrected chi connectivity index (χ0v) is 13.4. The van der Waals surface area contributed by atoms with Gasteiger partial charge in [-0.1, -0.05) is 24.3 Å². The predicted molar refractivity (Wildman–Crippen MR) is 76.0 cm³/mol. The maximum absolute atomic E-state index is 12.3. The standard InChI is InChI=1S/C14H17F3O5S/c1-10-6-3-4-7-11(10)8-5-9-12(13(18)21-2)22-23(19,20)14(15,16)17/h3-4,6-7,12H,5,8-9H2,1-2H3. The van der Waals surface area contributed by atoms with Gasteiger partial charge in [0.15, 0.2) is 6.10 Å². The van der Waals surface area contributed by atoms with E-state index in [0.717, 1.165) is 18.2 Å². The van der Waals surface area contributed by atoms with E-state index in [-0.39, 0.29) is 12.8 Å². The molecule has 0 N–H and O–H groups in total. The van der Waals surface area contributed by atoms with Crippen LogP contribution in [-0.4, -0.2) is 33.1 Å². The quantitative estimate of drug-likeness (QED) is 0.428. The molecule has 0 saturated heterocycles. The molecule has 0 saturated carbocycles. The van der Waals surface area contributed by atoms with Crippen LogP contribution in [0.15, 0.2) is 24.3 Å². The van der Waals surface area contributed by atoms with Crippen molar-refractivity contribution in [2.24, 2.45) is 0 Å². The number of alkyl halides is 3. The molecule has 5 nitrogen and oxygen atoms in total. The van der Waals surface area contributed by atoms with E-state index in [1.54, 1.807) is 0 Å². The highest BCUT2D eigenvalue weighted by atomic mass is 32.2. The van der Waals surface area contributed by atoms with Crippen LogP contribution in [0.25, 0.3) is 0 Å². The normalized spacial score (nSPS) is 13.6. The molecule has 0 bridgehead atoms. The number of hydrogen-bond donors (Lipinski definition) is 0. The summed E-state index contributed by atoms with van der Waals surface area (Å²) < 4.78 is 67.3. The first-order valence-corrected chi connectivity index (χ1v) is 8.11. The van der Waals surface area contributed by atoms with E-state index in [2.05, 4.69) is 8.92 Å². The summed E-state index contributed by atoms with van der Waals surface area (Å²) >= 11 is 0. The van der Waals surface area contributed by atoms with Crippen molar-refractivity contribution in [1.29, 1.82) is 0 Å². The minimum atomic E-state index is -5.86. The number of methoxy groups -OCH3 is 1. The van der Waals surface area contributed by atoms with Crippen LogP contribution < -0.4 is 0 Å². The van der Waals surface area contributed by atoms with Gasteiger partial charge in [-0.3, -0.25) is 0 Å². The molecule has 0 heterocycles. The first-order valence-electron chi connectivity index (χ1n) is 6.70. The lowest BCUT2D eigenvalue weighted by molar-refractivity contribution is -0.149. The summed E-state index contributed by atoms with van der Waals surface area (Å²) in [5.41, 5.74) is -3.64. The third-order valence-corrected chi connectivity index (χ3v) is 4.22. The molecule has 0 aliphatic carbocycles. The predicted octanol–water partition coefficient (Wildman–Crippen LogP) is 2.73. The van der Waals surface area contributed by atoms with Crippen molar-refractivity contribution in [2.45, 2.75) is 37.8 Å². The molecule has 1 aromatic rings. The zero-order valence-electron chi connectivity index (χ0n) is 12.6. The van der Waals surface area contributed by atoms with E-state index in [0.29, 0.717) is 6.42 Å². The van der Waals surface area contributed by atoms with Crippen molar-refractivity contribution >= 4 is 16.1 Å². The van der Waals surface area contributed by atoms with E-state index < -0.39 is 27.7 Å². The Morgan fingerprint density at radius 1 is 1.26 bits per heavy atom. The Morgan fingerprint density at radius 2 is 1.87 bits per heavy atom. The Kier molecular flexibility index (Phi) is 6.57. The first-order chi connectivity index (χ1) is 10.6. The average molecular weight is 354 g/mol. The molecule has 0 fully saturated rings. The van der Waals surface area contributed by atoms with Crippen LogP contribution in [0.4, 0.5) is 13.2 Å². The molecule has 1 atom stereocenters. The number of benzene rings is 1. The molecule has 9 heteroatoms. The highest BCUT2D eigenvalue weighted by Gasteiger charge is 2.49. The van der Waals surface area contributed by atoms with Gasteiger partial charge in [-0.2, -0.15) is 21.6 Å². The van der Waals surface area contributed by atoms with Gasteiger partial charge in [-0.25, -0.2) is 8.98 Å². The second kappa shape index (κ2) is 7.78. The van der Waals surface area contributed by atoms with Crippen LogP contribution in [0.5, 0.6) is 0 Å². The number of aryl methyl sites for hydroxylation is 2. The van der Waals surface area contributed by atoms with Gasteiger partial charge < -0.3 is 4.74 Å². The van der Waals surface area contributed by atoms with Crippen LogP contribution in [0, 0.1) is 6.92 Å². The number of carbonyl (C=O) groups excluding carboxylic acids is 1. The number of hydrogen-bond acceptors (Lipinski definition) is 5. The van der Waals surface area contributed by atoms with Crippen molar-refractivity contribution < 1.29 is 35.3 Å². The van der Waals surface area contributed by atoms with E-state index in [1.165, 1.54) is 0 Å². The van der Waals surface area contributed by atoms with Gasteiger partial charge in [-0.15, -0.1) is 0 Å². The molecular formula is C14H17F3O5S. The molecule has 1 rings (SSSR count). The van der Waals surface area contributed by atoms with Crippen molar-refractivity contribution in [3.63, 3.8) is 0 Å². The molecule has 130 valence electrons. The smallest absolute Gasteiger partial charge is 0.467 e. The lowest BCUT2D eigenvalue weighted by Crippen LogP contribution is -2.34. The lowest BCUT2D eigenvalue weighted by atomic mass is 10.0. The van der Waals surface area contributed by atoms with Gasteiger partial charge in [-0.05, 0) is 37.3 Å². The summed E-state index contributed by atoms with van der Waals surface area (Å²) in [6.07, 6.45) is -1.31. The van der Waals surface area contributed by atoms with Crippen LogP contribution in [-0.2, 0) is 30.3 Å². The fourth-order valence-electron chi connectivity index (χ4n) is 1.91. The summed E-state index contributed by atoms with van der Waals surface area (Å²) in [7, 11) is -4.91. The van der Waals surface area contributed by atoms with Crippen LogP contribution >= 0.6 is 0 Å². The maximum atomic E-state index is 12.3. The third-order valence-electron chi connectivity index (χ3n) is 3.16. The molecule has 0 aromatic heterocycles. The van der Waals surface area contributed by atoms with E-state index in [9.17, 15) is 26.4 Å². The van der Waals surface area contributed by atoms with E-state index in [1.807, 2.05) is 31.2 Å². The van der Waals surface area contributed by atoms with Crippen molar-refractivity contribution in [3.05, 3.63) is 35.4 Å². The summed E-state index contributed by atoms with van der Waals surface area (Å²) in [5.74, 6) is -1.16. The molecule has 0 amide bonds. The topological polar surface area (TPSA) is 69.7 Å². The van der Waals surface area contributed by atoms with Gasteiger partial charge >= 0.3 is 21.6 Å². The lowest BCUT2D eigenvalue weighted by Gasteiger charge is -2.16. The summed E-state index contributed by atoms with van der Waals surface area (Å²) in [6, 6.07) is 7.37. The number of esters is 1. The first kappa shape index (κ1) is 19.4. The molecule has 0 aliphatic heterocycles. The zero-order chi connectivity index (χ0) is 17.7. The summed E-state index contributed by atoms with van der Waals surface area (Å²) in [5, 5.41) is 0. The molecule has 1 unspecified atom stereocenters. The van der Waals surface area contributed by atoms with Crippen molar-refractivity contribution in [2.75, 3.05) is 7.11 Å². The summed E-state index contributed by atoms with van der Waals surface area (Å²) in [6.45, 7) is 1.87. The SMILES string of the molecule is COC(=O)C(CCCc1ccccc1C)OS(=O)(=O)C(F)(F)F. The monoisotopic (exact) mass is 354 g/mol. The van der Waals surface area contributed by atoms with Crippen LogP contribution in [0.1, 0.15) is 24.0 Å². The Bertz CT molecular complexity index is 640. The van der Waals surface area contributed by atoms with Gasteiger partial charge in [0.05, 0.1) is 7.11 Å². The Labute approximate surface area is 132 Å². The van der Waals surface area contributed by atoms with Crippen LogP contribution in [0.2, 0.25) is 0 Å². The number of ether oxygens (including phenoxy) is 1. The maximum Gasteiger partial charge on any atom is 0.523 e. The van der Waals surface area contributed by atoms with Gasteiger partial charge in [0.2, 0.25) is 0 Å². The minimum Gasteiger partial charge on any atom is -0.467 e. The number of carbonyl (C=O) groups is 1. The average Bonchev–Trinajstić information content (AvgIpc) is 2.46. The minimum absolute atomic E-state index is 0.212. The second-order valence-electron chi connectivity index (χ2n) is 4.83. The van der Waals surface area contributed by atoms with Gasteiger partial charge in [0, 0.05) is 0 Å². The second-order valence-corrected chi connectivity index (χ2v) is 6.39. The molecule has 0 aliphatic rings. The van der Waals surface area contributed by atoms with E-state index >= 15 is 0 Å². The fourth-order valence-corrected chi connectivity index (χ4v) is 2.50. The molecular weight excluding hydrogens is 337 g/mol. The number of rotatable bonds is 7. The Hall–Kier alpha value is -1.61. The largest absolute Gasteiger partial charge is 0.523 e. The highest BCUT2D eigenvalue weighted by Crippen LogP contribution is 2.27. The van der Waals surface area contributed by atoms with Crippen molar-refractivity contribution in [1.82, 2.24) is 0 Å². The van der Waals surface area contributed by atoms with Gasteiger partial charge in [0.1, 0.15) is 0 Å². The third kappa shape index (κ3) is 5.51. The highest BCUT2D eigenvalue weighted by molar-refractivity contribution is 7.87. The summed E-state index contributed by atoms with van der Waals surface area (Å²) in [4.78, 5) is 11.4.